The van der Waals surface area contributed by atoms with Gasteiger partial charge in [-0.15, -0.1) is 0 Å². The zero-order chi connectivity index (χ0) is 14.7. The van der Waals surface area contributed by atoms with Gasteiger partial charge in [-0.1, -0.05) is 23.7 Å². The fourth-order valence-electron chi connectivity index (χ4n) is 1.92. The number of hydrogen-bond donors (Lipinski definition) is 2. The highest BCUT2D eigenvalue weighted by Gasteiger charge is 2.16. The van der Waals surface area contributed by atoms with Crippen LogP contribution in [-0.2, 0) is 6.54 Å². The van der Waals surface area contributed by atoms with Crippen LogP contribution in [0.2, 0.25) is 5.02 Å². The van der Waals surface area contributed by atoms with Gasteiger partial charge in [0.1, 0.15) is 5.75 Å². The fraction of sp³-hybridized carbons (Fsp3) is 0.133. The summed E-state index contributed by atoms with van der Waals surface area (Å²) in [5.41, 5.74) is 7.45. The predicted octanol–water partition coefficient (Wildman–Crippen LogP) is 2.90. The van der Waals surface area contributed by atoms with E-state index in [0.29, 0.717) is 17.3 Å². The molecule has 0 bridgehead atoms. The molecule has 0 aromatic heterocycles. The largest absolute Gasteiger partial charge is 0.507 e. The maximum Gasteiger partial charge on any atom is 0.257 e. The van der Waals surface area contributed by atoms with Crippen LogP contribution in [0.15, 0.2) is 42.5 Å². The second-order valence-electron chi connectivity index (χ2n) is 4.57. The van der Waals surface area contributed by atoms with Crippen molar-refractivity contribution in [2.75, 3.05) is 12.8 Å². The lowest BCUT2D eigenvalue weighted by Crippen LogP contribution is -2.26. The summed E-state index contributed by atoms with van der Waals surface area (Å²) in [6, 6.07) is 11.7. The quantitative estimate of drug-likeness (QED) is 0.854. The van der Waals surface area contributed by atoms with Gasteiger partial charge in [-0.05, 0) is 35.9 Å². The lowest BCUT2D eigenvalue weighted by molar-refractivity contribution is 0.0782. The molecule has 0 unspecified atom stereocenters. The third-order valence-electron chi connectivity index (χ3n) is 2.91. The third-order valence-corrected chi connectivity index (χ3v) is 3.14. The van der Waals surface area contributed by atoms with Crippen molar-refractivity contribution in [2.45, 2.75) is 6.54 Å². The number of nitrogens with two attached hydrogens (primary N) is 1. The Balaban J connectivity index is 2.18. The Morgan fingerprint density at radius 3 is 2.75 bits per heavy atom. The van der Waals surface area contributed by atoms with Crippen molar-refractivity contribution in [3.8, 4) is 5.75 Å². The number of nitrogen functional groups attached to an aromatic ring is 1. The highest BCUT2D eigenvalue weighted by atomic mass is 35.5. The standard InChI is InChI=1S/C15H15ClN2O2/c1-18(9-10-3-2-4-12(17)7-10)15(20)13-8-11(16)5-6-14(13)19/h2-8,19H,9,17H2,1H3. The van der Waals surface area contributed by atoms with E-state index < -0.39 is 0 Å². The van der Waals surface area contributed by atoms with Crippen LogP contribution in [0, 0.1) is 0 Å². The lowest BCUT2D eigenvalue weighted by atomic mass is 10.1. The van der Waals surface area contributed by atoms with Crippen LogP contribution in [-0.4, -0.2) is 23.0 Å². The third kappa shape index (κ3) is 3.22. The Hall–Kier alpha value is -2.20. The molecule has 104 valence electrons. The maximum atomic E-state index is 12.3. The maximum absolute atomic E-state index is 12.3. The normalized spacial score (nSPS) is 10.3. The van der Waals surface area contributed by atoms with Crippen molar-refractivity contribution < 1.29 is 9.90 Å². The van der Waals surface area contributed by atoms with Gasteiger partial charge >= 0.3 is 0 Å². The molecule has 5 heteroatoms. The van der Waals surface area contributed by atoms with Crippen molar-refractivity contribution in [3.05, 3.63) is 58.6 Å². The Kier molecular flexibility index (Phi) is 4.15. The van der Waals surface area contributed by atoms with Crippen molar-refractivity contribution in [1.82, 2.24) is 4.90 Å². The number of phenols is 1. The molecule has 1 amide bonds. The average molecular weight is 291 g/mol. The van der Waals surface area contributed by atoms with E-state index in [0.717, 1.165) is 5.56 Å². The van der Waals surface area contributed by atoms with Gasteiger partial charge in [0.2, 0.25) is 0 Å². The zero-order valence-electron chi connectivity index (χ0n) is 11.0. The summed E-state index contributed by atoms with van der Waals surface area (Å²) >= 11 is 5.85. The second-order valence-corrected chi connectivity index (χ2v) is 5.00. The van der Waals surface area contributed by atoms with Crippen molar-refractivity contribution >= 4 is 23.2 Å². The number of carbonyl (C=O) groups excluding carboxylic acids is 1. The minimum atomic E-state index is -0.299. The van der Waals surface area contributed by atoms with Crippen LogP contribution in [0.3, 0.4) is 0 Å². The van der Waals surface area contributed by atoms with Gasteiger partial charge in [0.25, 0.3) is 5.91 Å². The molecule has 0 aliphatic rings. The Labute approximate surface area is 122 Å². The molecule has 0 saturated heterocycles. The molecule has 0 radical (unpaired) electrons. The minimum Gasteiger partial charge on any atom is -0.507 e. The van der Waals surface area contributed by atoms with E-state index in [2.05, 4.69) is 0 Å². The van der Waals surface area contributed by atoms with Crippen molar-refractivity contribution in [1.29, 1.82) is 0 Å². The Morgan fingerprint density at radius 1 is 1.30 bits per heavy atom. The number of benzene rings is 2. The summed E-state index contributed by atoms with van der Waals surface area (Å²) in [6.07, 6.45) is 0. The van der Waals surface area contributed by atoms with Gasteiger partial charge in [0, 0.05) is 24.3 Å². The number of aromatic hydroxyl groups is 1. The summed E-state index contributed by atoms with van der Waals surface area (Å²) < 4.78 is 0. The van der Waals surface area contributed by atoms with Crippen LogP contribution >= 0.6 is 11.6 Å². The molecule has 0 aliphatic heterocycles. The molecule has 20 heavy (non-hydrogen) atoms. The smallest absolute Gasteiger partial charge is 0.257 e. The Bertz CT molecular complexity index is 644. The van der Waals surface area contributed by atoms with Gasteiger partial charge in [0.15, 0.2) is 0 Å². The summed E-state index contributed by atoms with van der Waals surface area (Å²) in [4.78, 5) is 13.8. The predicted molar refractivity (Wildman–Crippen MR) is 79.8 cm³/mol. The summed E-state index contributed by atoms with van der Waals surface area (Å²) in [5, 5.41) is 10.1. The summed E-state index contributed by atoms with van der Waals surface area (Å²) in [6.45, 7) is 0.399. The second kappa shape index (κ2) is 5.84. The molecule has 2 aromatic rings. The first-order chi connectivity index (χ1) is 9.47. The van der Waals surface area contributed by atoms with Gasteiger partial charge in [-0.25, -0.2) is 0 Å². The van der Waals surface area contributed by atoms with Crippen molar-refractivity contribution in [3.63, 3.8) is 0 Å². The SMILES string of the molecule is CN(Cc1cccc(N)c1)C(=O)c1cc(Cl)ccc1O. The summed E-state index contributed by atoms with van der Waals surface area (Å²) in [7, 11) is 1.66. The monoisotopic (exact) mass is 290 g/mol. The first-order valence-electron chi connectivity index (χ1n) is 6.06. The molecule has 0 aliphatic carbocycles. The zero-order valence-corrected chi connectivity index (χ0v) is 11.8. The highest BCUT2D eigenvalue weighted by molar-refractivity contribution is 6.31. The fourth-order valence-corrected chi connectivity index (χ4v) is 2.09. The molecule has 0 atom stereocenters. The van der Waals surface area contributed by atoms with Crippen LogP contribution < -0.4 is 5.73 Å². The molecule has 2 aromatic carbocycles. The highest BCUT2D eigenvalue weighted by Crippen LogP contribution is 2.23. The van der Waals surface area contributed by atoms with E-state index in [1.807, 2.05) is 18.2 Å². The van der Waals surface area contributed by atoms with Gasteiger partial charge < -0.3 is 15.7 Å². The molecule has 4 nitrogen and oxygen atoms in total. The number of anilines is 1. The van der Waals surface area contributed by atoms with Crippen LogP contribution in [0.25, 0.3) is 0 Å². The number of rotatable bonds is 3. The number of phenolic OH excluding ortho intramolecular Hbond substituents is 1. The van der Waals surface area contributed by atoms with E-state index >= 15 is 0 Å². The van der Waals surface area contributed by atoms with Gasteiger partial charge in [0.05, 0.1) is 5.56 Å². The number of amides is 1. The van der Waals surface area contributed by atoms with E-state index in [-0.39, 0.29) is 17.2 Å². The number of carbonyl (C=O) groups is 1. The molecule has 0 spiro atoms. The van der Waals surface area contributed by atoms with Crippen LogP contribution in [0.1, 0.15) is 15.9 Å². The van der Waals surface area contributed by atoms with E-state index in [1.165, 1.54) is 23.1 Å². The van der Waals surface area contributed by atoms with Gasteiger partial charge in [-0.2, -0.15) is 0 Å². The van der Waals surface area contributed by atoms with Crippen molar-refractivity contribution in [2.24, 2.45) is 0 Å². The molecule has 0 heterocycles. The molecular formula is C15H15ClN2O2. The number of nitrogens with zero attached hydrogens (tertiary/aromatic N) is 1. The number of halogens is 1. The van der Waals surface area contributed by atoms with E-state index in [1.54, 1.807) is 13.1 Å². The van der Waals surface area contributed by atoms with E-state index in [9.17, 15) is 9.90 Å². The first-order valence-corrected chi connectivity index (χ1v) is 6.43. The molecular weight excluding hydrogens is 276 g/mol. The molecule has 2 rings (SSSR count). The Morgan fingerprint density at radius 2 is 2.05 bits per heavy atom. The first kappa shape index (κ1) is 14.2. The van der Waals surface area contributed by atoms with Gasteiger partial charge in [-0.3, -0.25) is 4.79 Å². The van der Waals surface area contributed by atoms with Crippen LogP contribution in [0.4, 0.5) is 5.69 Å². The minimum absolute atomic E-state index is 0.0844. The van der Waals surface area contributed by atoms with E-state index in [4.69, 9.17) is 17.3 Å². The summed E-state index contributed by atoms with van der Waals surface area (Å²) in [5.74, 6) is -0.383. The molecule has 0 saturated carbocycles. The lowest BCUT2D eigenvalue weighted by Gasteiger charge is -2.18. The molecule has 3 N–H and O–H groups in total. The molecule has 0 fully saturated rings. The van der Waals surface area contributed by atoms with Crippen LogP contribution in [0.5, 0.6) is 5.75 Å². The number of hydrogen-bond acceptors (Lipinski definition) is 3. The topological polar surface area (TPSA) is 66.6 Å². The average Bonchev–Trinajstić information content (AvgIpc) is 2.40.